The summed E-state index contributed by atoms with van der Waals surface area (Å²) in [4.78, 5) is 4.27. The average molecular weight is 292 g/mol. The van der Waals surface area contributed by atoms with Gasteiger partial charge in [-0.05, 0) is 24.3 Å². The third kappa shape index (κ3) is 2.68. The first-order chi connectivity index (χ1) is 9.74. The molecule has 3 rings (SSSR count). The summed E-state index contributed by atoms with van der Waals surface area (Å²) in [5.41, 5.74) is 1.29. The number of hydrogen-bond acceptors (Lipinski definition) is 6. The van der Waals surface area contributed by atoms with Crippen molar-refractivity contribution in [3.8, 4) is 11.5 Å². The molecule has 1 N–H and O–H groups in total. The Morgan fingerprint density at radius 2 is 2.05 bits per heavy atom. The van der Waals surface area contributed by atoms with E-state index >= 15 is 0 Å². The Morgan fingerprint density at radius 1 is 1.25 bits per heavy atom. The van der Waals surface area contributed by atoms with Gasteiger partial charge >= 0.3 is 0 Å². The van der Waals surface area contributed by atoms with Gasteiger partial charge in [0.05, 0.1) is 12.8 Å². The summed E-state index contributed by atoms with van der Waals surface area (Å²) in [5.74, 6) is 0.892. The molecule has 0 aliphatic heterocycles. The van der Waals surface area contributed by atoms with E-state index in [0.29, 0.717) is 29.0 Å². The fourth-order valence-corrected chi connectivity index (χ4v) is 1.79. The second-order valence-electron chi connectivity index (χ2n) is 4.09. The van der Waals surface area contributed by atoms with E-state index < -0.39 is 0 Å². The highest BCUT2D eigenvalue weighted by molar-refractivity contribution is 6.30. The van der Waals surface area contributed by atoms with E-state index in [0.717, 1.165) is 5.56 Å². The predicted molar refractivity (Wildman–Crippen MR) is 69.8 cm³/mol. The minimum absolute atomic E-state index is 0.151. The summed E-state index contributed by atoms with van der Waals surface area (Å²) in [6.07, 6.45) is 1.62. The topological polar surface area (TPSA) is 89.9 Å². The van der Waals surface area contributed by atoms with E-state index in [4.69, 9.17) is 21.2 Å². The zero-order valence-corrected chi connectivity index (χ0v) is 11.0. The summed E-state index contributed by atoms with van der Waals surface area (Å²) < 4.78 is 6.71. The highest BCUT2D eigenvalue weighted by Gasteiger charge is 2.10. The Bertz CT molecular complexity index is 707. The maximum Gasteiger partial charge on any atom is 0.257 e. The van der Waals surface area contributed by atoms with Gasteiger partial charge in [-0.25, -0.2) is 4.68 Å². The minimum Gasteiger partial charge on any atom is -0.390 e. The Labute approximate surface area is 118 Å². The lowest BCUT2D eigenvalue weighted by molar-refractivity contribution is 0.276. The van der Waals surface area contributed by atoms with Crippen LogP contribution >= 0.6 is 11.6 Å². The molecule has 20 heavy (non-hydrogen) atoms. The largest absolute Gasteiger partial charge is 0.390 e. The summed E-state index contributed by atoms with van der Waals surface area (Å²) in [6, 6.07) is 7.12. The fourth-order valence-electron chi connectivity index (χ4n) is 1.66. The van der Waals surface area contributed by atoms with Crippen LogP contribution in [0.3, 0.4) is 0 Å². The van der Waals surface area contributed by atoms with Crippen LogP contribution < -0.4 is 0 Å². The molecule has 0 atom stereocenters. The normalized spacial score (nSPS) is 10.9. The van der Waals surface area contributed by atoms with Gasteiger partial charge in [0.1, 0.15) is 12.2 Å². The monoisotopic (exact) mass is 291 g/mol. The molecule has 0 fully saturated rings. The van der Waals surface area contributed by atoms with Gasteiger partial charge in [0, 0.05) is 10.6 Å². The highest BCUT2D eigenvalue weighted by atomic mass is 35.5. The van der Waals surface area contributed by atoms with Crippen molar-refractivity contribution in [2.75, 3.05) is 0 Å². The first-order valence-corrected chi connectivity index (χ1v) is 6.21. The van der Waals surface area contributed by atoms with Crippen molar-refractivity contribution in [3.63, 3.8) is 0 Å². The van der Waals surface area contributed by atoms with Crippen molar-refractivity contribution in [1.29, 1.82) is 0 Å². The van der Waals surface area contributed by atoms with Gasteiger partial charge in [-0.15, -0.1) is 5.10 Å². The summed E-state index contributed by atoms with van der Waals surface area (Å²) >= 11 is 5.82. The van der Waals surface area contributed by atoms with Gasteiger partial charge in [0.15, 0.2) is 5.82 Å². The molecular formula is C12H10ClN5O2. The summed E-state index contributed by atoms with van der Waals surface area (Å²) in [7, 11) is 0. The number of benzene rings is 1. The van der Waals surface area contributed by atoms with Crippen LogP contribution in [0.2, 0.25) is 5.02 Å². The van der Waals surface area contributed by atoms with Gasteiger partial charge in [-0.3, -0.25) is 0 Å². The van der Waals surface area contributed by atoms with Gasteiger partial charge < -0.3 is 9.63 Å². The second kappa shape index (κ2) is 5.40. The van der Waals surface area contributed by atoms with Crippen LogP contribution in [0.15, 0.2) is 35.0 Å². The minimum atomic E-state index is -0.151. The van der Waals surface area contributed by atoms with Gasteiger partial charge in [0.2, 0.25) is 0 Å². The second-order valence-corrected chi connectivity index (χ2v) is 4.52. The van der Waals surface area contributed by atoms with Crippen LogP contribution in [-0.4, -0.2) is 30.2 Å². The Morgan fingerprint density at radius 3 is 2.75 bits per heavy atom. The third-order valence-electron chi connectivity index (χ3n) is 2.61. The number of hydrogen-bond donors (Lipinski definition) is 1. The molecule has 3 aromatic rings. The first kappa shape index (κ1) is 12.8. The summed E-state index contributed by atoms with van der Waals surface area (Å²) in [5, 5.41) is 21.0. The maximum atomic E-state index is 8.92. The predicted octanol–water partition coefficient (Wildman–Crippen LogP) is 1.52. The van der Waals surface area contributed by atoms with E-state index in [2.05, 4.69) is 20.5 Å². The smallest absolute Gasteiger partial charge is 0.257 e. The van der Waals surface area contributed by atoms with Crippen LogP contribution in [0.5, 0.6) is 0 Å². The van der Waals surface area contributed by atoms with E-state index in [1.165, 1.54) is 4.68 Å². The lowest BCUT2D eigenvalue weighted by atomic mass is 10.2. The highest BCUT2D eigenvalue weighted by Crippen LogP contribution is 2.19. The van der Waals surface area contributed by atoms with Gasteiger partial charge in [-0.2, -0.15) is 4.98 Å². The molecule has 1 aromatic carbocycles. The van der Waals surface area contributed by atoms with Crippen LogP contribution in [-0.2, 0) is 13.2 Å². The average Bonchev–Trinajstić information content (AvgIpc) is 3.09. The Balaban J connectivity index is 1.78. The number of aliphatic hydroxyl groups is 1. The van der Waals surface area contributed by atoms with Crippen LogP contribution in [0.4, 0.5) is 0 Å². The molecule has 0 bridgehead atoms. The van der Waals surface area contributed by atoms with E-state index in [9.17, 15) is 0 Å². The van der Waals surface area contributed by atoms with E-state index in [-0.39, 0.29) is 6.61 Å². The molecule has 2 aromatic heterocycles. The lowest BCUT2D eigenvalue weighted by Gasteiger charge is -1.94. The standard InChI is InChI=1S/C12H10ClN5O2/c13-9-3-1-8(2-4-9)12-14-11(16-20-12)6-18-5-10(7-19)15-17-18/h1-5,19H,6-7H2. The molecule has 0 saturated carbocycles. The van der Waals surface area contributed by atoms with E-state index in [1.807, 2.05) is 0 Å². The Hall–Kier alpha value is -2.25. The zero-order valence-electron chi connectivity index (χ0n) is 10.3. The number of aliphatic hydroxyl groups excluding tert-OH is 1. The van der Waals surface area contributed by atoms with Crippen LogP contribution in [0, 0.1) is 0 Å². The first-order valence-electron chi connectivity index (χ1n) is 5.83. The zero-order chi connectivity index (χ0) is 13.9. The molecule has 2 heterocycles. The van der Waals surface area contributed by atoms with Crippen molar-refractivity contribution in [3.05, 3.63) is 47.0 Å². The molecule has 0 unspecified atom stereocenters. The number of rotatable bonds is 4. The molecule has 102 valence electrons. The van der Waals surface area contributed by atoms with Crippen molar-refractivity contribution in [2.45, 2.75) is 13.2 Å². The number of halogens is 1. The van der Waals surface area contributed by atoms with Crippen LogP contribution in [0.25, 0.3) is 11.5 Å². The third-order valence-corrected chi connectivity index (χ3v) is 2.86. The van der Waals surface area contributed by atoms with Gasteiger partial charge in [-0.1, -0.05) is 22.0 Å². The fraction of sp³-hybridized carbons (Fsp3) is 0.167. The van der Waals surface area contributed by atoms with Crippen LogP contribution in [0.1, 0.15) is 11.5 Å². The molecule has 8 heteroatoms. The molecule has 0 spiro atoms. The SMILES string of the molecule is OCc1cn(Cc2noc(-c3ccc(Cl)cc3)n2)nn1. The Kier molecular flexibility index (Phi) is 3.44. The number of aromatic nitrogens is 5. The molecule has 0 aliphatic carbocycles. The van der Waals surface area contributed by atoms with Crippen molar-refractivity contribution >= 4 is 11.6 Å². The van der Waals surface area contributed by atoms with Gasteiger partial charge in [0.25, 0.3) is 5.89 Å². The van der Waals surface area contributed by atoms with Crippen molar-refractivity contribution < 1.29 is 9.63 Å². The molecule has 0 saturated heterocycles. The van der Waals surface area contributed by atoms with E-state index in [1.54, 1.807) is 30.5 Å². The molecule has 0 amide bonds. The maximum absolute atomic E-state index is 8.92. The quantitative estimate of drug-likeness (QED) is 0.784. The molecular weight excluding hydrogens is 282 g/mol. The van der Waals surface area contributed by atoms with Crippen molar-refractivity contribution in [1.82, 2.24) is 25.1 Å². The molecule has 0 aliphatic rings. The summed E-state index contributed by atoms with van der Waals surface area (Å²) in [6.45, 7) is 0.173. The molecule has 7 nitrogen and oxygen atoms in total. The lowest BCUT2D eigenvalue weighted by Crippen LogP contribution is -2.02. The number of nitrogens with zero attached hydrogens (tertiary/aromatic N) is 5. The molecule has 0 radical (unpaired) electrons. The van der Waals surface area contributed by atoms with Crippen molar-refractivity contribution in [2.24, 2.45) is 0 Å².